The van der Waals surface area contributed by atoms with Gasteiger partial charge in [-0.2, -0.15) is 4.89 Å². The molecule has 2 saturated heterocycles. The lowest BCUT2D eigenvalue weighted by Gasteiger charge is -2.48. The van der Waals surface area contributed by atoms with Crippen molar-refractivity contribution in [1.82, 2.24) is 0 Å². The van der Waals surface area contributed by atoms with Crippen molar-refractivity contribution in [2.24, 2.45) is 35.5 Å². The van der Waals surface area contributed by atoms with Gasteiger partial charge in [-0.25, -0.2) is 4.79 Å². The first kappa shape index (κ1) is 10.3. The molecule has 3 aliphatic carbocycles. The van der Waals surface area contributed by atoms with Crippen molar-refractivity contribution < 1.29 is 28.9 Å². The summed E-state index contributed by atoms with van der Waals surface area (Å²) in [5, 5.41) is 0. The molecule has 6 heteroatoms. The van der Waals surface area contributed by atoms with Gasteiger partial charge in [-0.05, 0) is 5.92 Å². The molecule has 6 atom stereocenters. The van der Waals surface area contributed by atoms with Crippen molar-refractivity contribution in [3.05, 3.63) is 12.2 Å². The van der Waals surface area contributed by atoms with Crippen LogP contribution < -0.4 is 0 Å². The van der Waals surface area contributed by atoms with Crippen molar-refractivity contribution in [1.29, 1.82) is 0 Å². The molecular formula is C12H10O6. The highest BCUT2D eigenvalue weighted by atomic mass is 17.2. The van der Waals surface area contributed by atoms with Gasteiger partial charge in [0.15, 0.2) is 0 Å². The molecule has 94 valence electrons. The highest BCUT2D eigenvalue weighted by Gasteiger charge is 2.64. The van der Waals surface area contributed by atoms with Crippen LogP contribution in [0, 0.1) is 35.5 Å². The fourth-order valence-corrected chi connectivity index (χ4v) is 3.87. The lowest BCUT2D eigenvalue weighted by molar-refractivity contribution is -0.313. The molecule has 0 N–H and O–H groups in total. The zero-order valence-corrected chi connectivity index (χ0v) is 9.28. The van der Waals surface area contributed by atoms with Crippen LogP contribution in [-0.2, 0) is 28.9 Å². The maximum Gasteiger partial charge on any atom is 0.346 e. The third-order valence-corrected chi connectivity index (χ3v) is 4.56. The van der Waals surface area contributed by atoms with Crippen molar-refractivity contribution >= 4 is 17.9 Å². The summed E-state index contributed by atoms with van der Waals surface area (Å²) in [5.41, 5.74) is 0. The molecule has 6 unspecified atom stereocenters. The quantitative estimate of drug-likeness (QED) is 0.257. The van der Waals surface area contributed by atoms with Crippen molar-refractivity contribution in [2.75, 3.05) is 6.61 Å². The Morgan fingerprint density at radius 3 is 2.33 bits per heavy atom. The van der Waals surface area contributed by atoms with Crippen LogP contribution in [0.3, 0.4) is 0 Å². The molecule has 0 radical (unpaired) electrons. The van der Waals surface area contributed by atoms with E-state index >= 15 is 0 Å². The molecule has 5 rings (SSSR count). The normalized spacial score (nSPS) is 48.6. The van der Waals surface area contributed by atoms with E-state index in [0.717, 1.165) is 0 Å². The van der Waals surface area contributed by atoms with Gasteiger partial charge in [0.1, 0.15) is 0 Å². The second-order valence-corrected chi connectivity index (χ2v) is 5.21. The van der Waals surface area contributed by atoms with E-state index in [1.807, 2.05) is 12.2 Å². The Balaban J connectivity index is 1.82. The molecule has 3 fully saturated rings. The maximum absolute atomic E-state index is 11.8. The first-order valence-corrected chi connectivity index (χ1v) is 5.95. The van der Waals surface area contributed by atoms with Gasteiger partial charge in [-0.1, -0.05) is 12.2 Å². The van der Waals surface area contributed by atoms with E-state index in [9.17, 15) is 14.4 Å². The number of carbonyl (C=O) groups is 3. The van der Waals surface area contributed by atoms with E-state index in [-0.39, 0.29) is 24.4 Å². The van der Waals surface area contributed by atoms with E-state index in [1.54, 1.807) is 0 Å². The Kier molecular flexibility index (Phi) is 1.82. The smallest absolute Gasteiger partial charge is 0.346 e. The fraction of sp³-hybridized carbons (Fsp3) is 0.583. The van der Waals surface area contributed by atoms with Crippen molar-refractivity contribution in [2.45, 2.75) is 0 Å². The van der Waals surface area contributed by atoms with Gasteiger partial charge >= 0.3 is 17.9 Å². The molecule has 1 saturated carbocycles. The molecule has 0 aromatic heterocycles. The molecule has 2 aliphatic heterocycles. The summed E-state index contributed by atoms with van der Waals surface area (Å²) in [7, 11) is 0. The van der Waals surface area contributed by atoms with Crippen LogP contribution in [0.4, 0.5) is 0 Å². The molecule has 18 heavy (non-hydrogen) atoms. The Bertz CT molecular complexity index is 495. The van der Waals surface area contributed by atoms with Crippen LogP contribution in [0.2, 0.25) is 0 Å². The van der Waals surface area contributed by atoms with Crippen LogP contribution in [-0.4, -0.2) is 24.5 Å². The number of ether oxygens (including phenoxy) is 1. The number of rotatable bonds is 0. The molecule has 5 aliphatic rings. The largest absolute Gasteiger partial charge is 0.393 e. The van der Waals surface area contributed by atoms with Gasteiger partial charge in [0.2, 0.25) is 0 Å². The van der Waals surface area contributed by atoms with Gasteiger partial charge < -0.3 is 4.74 Å². The Labute approximate surface area is 102 Å². The van der Waals surface area contributed by atoms with Gasteiger partial charge in [0, 0.05) is 11.8 Å². The number of cyclic esters (lactones) is 2. The van der Waals surface area contributed by atoms with E-state index in [0.29, 0.717) is 0 Å². The predicted octanol–water partition coefficient (Wildman–Crippen LogP) is -0.161. The van der Waals surface area contributed by atoms with Crippen LogP contribution >= 0.6 is 0 Å². The topological polar surface area (TPSA) is 78.9 Å². The summed E-state index contributed by atoms with van der Waals surface area (Å²) in [4.78, 5) is 44.6. The van der Waals surface area contributed by atoms with Crippen LogP contribution in [0.25, 0.3) is 0 Å². The first-order chi connectivity index (χ1) is 8.68. The number of hydrogen-bond donors (Lipinski definition) is 0. The molecule has 6 nitrogen and oxygen atoms in total. The predicted molar refractivity (Wildman–Crippen MR) is 53.2 cm³/mol. The highest BCUT2D eigenvalue weighted by molar-refractivity contribution is 5.98. The van der Waals surface area contributed by atoms with Crippen molar-refractivity contribution in [3.63, 3.8) is 0 Å². The number of carbonyl (C=O) groups excluding carboxylic acids is 3. The standard InChI is InChI=1S/C12H10O6/c13-10-8-4-1-2-5(9(8)11(14)17-10)7-6(4)3-16-18-12(7)15/h1-2,4-9H,3H2. The molecule has 0 aromatic rings. The van der Waals surface area contributed by atoms with Gasteiger partial charge in [0.25, 0.3) is 0 Å². The Morgan fingerprint density at radius 2 is 1.56 bits per heavy atom. The van der Waals surface area contributed by atoms with E-state index < -0.39 is 35.7 Å². The molecule has 0 amide bonds. The minimum atomic E-state index is -0.528. The van der Waals surface area contributed by atoms with Gasteiger partial charge in [0.05, 0.1) is 24.4 Å². The van der Waals surface area contributed by atoms with E-state index in [2.05, 4.69) is 4.89 Å². The van der Waals surface area contributed by atoms with Gasteiger partial charge in [-0.3, -0.25) is 14.5 Å². The zero-order chi connectivity index (χ0) is 12.4. The number of allylic oxidation sites excluding steroid dienone is 2. The summed E-state index contributed by atoms with van der Waals surface area (Å²) < 4.78 is 4.72. The van der Waals surface area contributed by atoms with E-state index in [1.165, 1.54) is 0 Å². The summed E-state index contributed by atoms with van der Waals surface area (Å²) in [6.07, 6.45) is 3.76. The number of hydrogen-bond acceptors (Lipinski definition) is 6. The SMILES string of the molecule is O=C1OOCC2C3C=CC(C12)C1C(=O)OC(=O)C31. The lowest BCUT2D eigenvalue weighted by Crippen LogP contribution is -2.55. The molecule has 0 aromatic carbocycles. The van der Waals surface area contributed by atoms with Crippen LogP contribution in [0.15, 0.2) is 12.2 Å². The minimum Gasteiger partial charge on any atom is -0.393 e. The van der Waals surface area contributed by atoms with Gasteiger partial charge in [-0.15, -0.1) is 0 Å². The highest BCUT2D eigenvalue weighted by Crippen LogP contribution is 2.55. The summed E-state index contributed by atoms with van der Waals surface area (Å²) >= 11 is 0. The monoisotopic (exact) mass is 250 g/mol. The Hall–Kier alpha value is -1.69. The average Bonchev–Trinajstić information content (AvgIpc) is 2.68. The number of esters is 2. The zero-order valence-electron chi connectivity index (χ0n) is 9.28. The second-order valence-electron chi connectivity index (χ2n) is 5.21. The van der Waals surface area contributed by atoms with E-state index in [4.69, 9.17) is 9.62 Å². The fourth-order valence-electron chi connectivity index (χ4n) is 3.87. The minimum absolute atomic E-state index is 0.0963. The third kappa shape index (κ3) is 1.04. The second kappa shape index (κ2) is 3.20. The first-order valence-electron chi connectivity index (χ1n) is 5.95. The molecular weight excluding hydrogens is 240 g/mol. The lowest BCUT2D eigenvalue weighted by atomic mass is 9.54. The summed E-state index contributed by atoms with van der Waals surface area (Å²) in [6.45, 7) is 0.270. The molecule has 2 bridgehead atoms. The maximum atomic E-state index is 11.8. The van der Waals surface area contributed by atoms with Crippen molar-refractivity contribution in [3.8, 4) is 0 Å². The average molecular weight is 250 g/mol. The molecule has 0 spiro atoms. The van der Waals surface area contributed by atoms with Crippen LogP contribution in [0.5, 0.6) is 0 Å². The van der Waals surface area contributed by atoms with Crippen LogP contribution in [0.1, 0.15) is 0 Å². The third-order valence-electron chi connectivity index (χ3n) is 4.56. The summed E-state index contributed by atoms with van der Waals surface area (Å²) in [6, 6.07) is 0. The Morgan fingerprint density at radius 1 is 0.889 bits per heavy atom. The summed E-state index contributed by atoms with van der Waals surface area (Å²) in [5.74, 6) is -3.38. The molecule has 2 heterocycles.